The summed E-state index contributed by atoms with van der Waals surface area (Å²) in [5.41, 5.74) is 1.60. The smallest absolute Gasteiger partial charge is 0.330 e. The second-order valence-electron chi connectivity index (χ2n) is 7.80. The minimum Gasteiger partial charge on any atom is -0.486 e. The second-order valence-corrected chi connectivity index (χ2v) is 7.80. The van der Waals surface area contributed by atoms with Gasteiger partial charge < -0.3 is 15.2 Å². The quantitative estimate of drug-likeness (QED) is 0.892. The lowest BCUT2D eigenvalue weighted by molar-refractivity contribution is -0.144. The summed E-state index contributed by atoms with van der Waals surface area (Å²) in [4.78, 5) is 25.0. The molecule has 1 aliphatic heterocycles. The molecule has 26 heavy (non-hydrogen) atoms. The maximum absolute atomic E-state index is 13.0. The topological polar surface area (TPSA) is 75.6 Å². The van der Waals surface area contributed by atoms with Crippen molar-refractivity contribution in [1.82, 2.24) is 5.32 Å². The molecule has 5 nitrogen and oxygen atoms in total. The van der Waals surface area contributed by atoms with Gasteiger partial charge in [0.05, 0.1) is 5.56 Å². The van der Waals surface area contributed by atoms with Crippen LogP contribution < -0.4 is 10.1 Å². The van der Waals surface area contributed by atoms with E-state index in [4.69, 9.17) is 4.74 Å². The van der Waals surface area contributed by atoms with E-state index in [9.17, 15) is 14.7 Å². The van der Waals surface area contributed by atoms with Crippen LogP contribution in [-0.2, 0) is 24.1 Å². The van der Waals surface area contributed by atoms with Gasteiger partial charge in [-0.15, -0.1) is 0 Å². The molecule has 2 aromatic rings. The van der Waals surface area contributed by atoms with Crippen LogP contribution in [0.2, 0.25) is 0 Å². The van der Waals surface area contributed by atoms with E-state index < -0.39 is 17.4 Å². The third-order valence-corrected chi connectivity index (χ3v) is 5.20. The first-order chi connectivity index (χ1) is 12.3. The average Bonchev–Trinajstić information content (AvgIpc) is 3.10. The molecule has 1 amide bonds. The zero-order valence-electron chi connectivity index (χ0n) is 14.8. The van der Waals surface area contributed by atoms with Crippen molar-refractivity contribution in [1.29, 1.82) is 0 Å². The third kappa shape index (κ3) is 2.64. The molecular weight excluding hydrogens is 330 g/mol. The normalized spacial score (nSPS) is 18.5. The first kappa shape index (κ1) is 16.6. The number of aliphatic carboxylic acids is 1. The van der Waals surface area contributed by atoms with E-state index in [2.05, 4.69) is 5.32 Å². The molecule has 0 bridgehead atoms. The summed E-state index contributed by atoms with van der Waals surface area (Å²) >= 11 is 0. The van der Waals surface area contributed by atoms with E-state index in [0.717, 1.165) is 23.1 Å². The minimum atomic E-state index is -1.32. The summed E-state index contributed by atoms with van der Waals surface area (Å²) in [7, 11) is 0. The molecule has 0 unspecified atom stereocenters. The van der Waals surface area contributed by atoms with Crippen LogP contribution in [0.4, 0.5) is 0 Å². The highest BCUT2D eigenvalue weighted by Gasteiger charge is 2.46. The van der Waals surface area contributed by atoms with Gasteiger partial charge >= 0.3 is 5.97 Å². The van der Waals surface area contributed by atoms with Crippen molar-refractivity contribution in [3.63, 3.8) is 0 Å². The van der Waals surface area contributed by atoms with Crippen molar-refractivity contribution in [2.75, 3.05) is 0 Å². The lowest BCUT2D eigenvalue weighted by Crippen LogP contribution is -2.55. The first-order valence-corrected chi connectivity index (χ1v) is 8.73. The predicted molar refractivity (Wildman–Crippen MR) is 96.5 cm³/mol. The van der Waals surface area contributed by atoms with Crippen molar-refractivity contribution >= 4 is 11.9 Å². The predicted octanol–water partition coefficient (Wildman–Crippen LogP) is 2.75. The Morgan fingerprint density at radius 2 is 1.58 bits per heavy atom. The van der Waals surface area contributed by atoms with Gasteiger partial charge in [-0.3, -0.25) is 4.79 Å². The van der Waals surface area contributed by atoms with E-state index in [0.29, 0.717) is 11.3 Å². The van der Waals surface area contributed by atoms with Crippen molar-refractivity contribution in [3.05, 3.63) is 64.7 Å². The van der Waals surface area contributed by atoms with Crippen molar-refractivity contribution < 1.29 is 19.4 Å². The Labute approximate surface area is 152 Å². The maximum Gasteiger partial charge on any atom is 0.330 e. The second kappa shape index (κ2) is 5.59. The number of ether oxygens (including phenoxy) is 1. The molecule has 0 saturated carbocycles. The van der Waals surface area contributed by atoms with Crippen LogP contribution in [0.25, 0.3) is 0 Å². The van der Waals surface area contributed by atoms with Crippen molar-refractivity contribution in [2.24, 2.45) is 0 Å². The molecule has 1 aliphatic carbocycles. The monoisotopic (exact) mass is 351 g/mol. The summed E-state index contributed by atoms with van der Waals surface area (Å²) in [5, 5.41) is 12.7. The first-order valence-electron chi connectivity index (χ1n) is 8.73. The molecule has 5 heteroatoms. The molecule has 4 rings (SSSR count). The number of benzene rings is 2. The molecule has 0 radical (unpaired) electrons. The summed E-state index contributed by atoms with van der Waals surface area (Å²) < 4.78 is 5.96. The van der Waals surface area contributed by atoms with Crippen LogP contribution in [0.5, 0.6) is 5.75 Å². The summed E-state index contributed by atoms with van der Waals surface area (Å²) in [6.45, 7) is 3.95. The molecule has 0 aromatic heterocycles. The van der Waals surface area contributed by atoms with Gasteiger partial charge in [0.1, 0.15) is 16.9 Å². The minimum absolute atomic E-state index is 0.283. The molecule has 0 spiro atoms. The number of rotatable bonds is 3. The highest BCUT2D eigenvalue weighted by Crippen LogP contribution is 2.38. The number of carbonyl (C=O) groups excluding carboxylic acids is 1. The van der Waals surface area contributed by atoms with Crippen molar-refractivity contribution in [2.45, 2.75) is 44.2 Å². The number of carbonyl (C=O) groups is 2. The lowest BCUT2D eigenvalue weighted by Gasteiger charge is -2.26. The molecule has 2 N–H and O–H groups in total. The van der Waals surface area contributed by atoms with Gasteiger partial charge in [-0.2, -0.15) is 0 Å². The molecule has 2 aromatic carbocycles. The Kier molecular flexibility index (Phi) is 3.58. The number of amides is 1. The number of fused-ring (bicyclic) bond motifs is 2. The fourth-order valence-corrected chi connectivity index (χ4v) is 3.99. The van der Waals surface area contributed by atoms with Crippen LogP contribution in [0.15, 0.2) is 42.5 Å². The molecule has 1 heterocycles. The molecule has 134 valence electrons. The molecule has 2 aliphatic rings. The summed E-state index contributed by atoms with van der Waals surface area (Å²) in [6.07, 6.45) is 1.29. The van der Waals surface area contributed by atoms with Crippen LogP contribution in [0.1, 0.15) is 40.9 Å². The van der Waals surface area contributed by atoms with E-state index in [-0.39, 0.29) is 18.4 Å². The Morgan fingerprint density at radius 1 is 0.962 bits per heavy atom. The van der Waals surface area contributed by atoms with Gasteiger partial charge in [-0.25, -0.2) is 4.79 Å². The van der Waals surface area contributed by atoms with Gasteiger partial charge in [0.25, 0.3) is 5.91 Å². The highest BCUT2D eigenvalue weighted by molar-refractivity contribution is 6.01. The SMILES string of the molecule is CC1(C)Cc2cccc(C(=O)NC3(C(=O)O)Cc4ccccc4C3)c2O1. The third-order valence-electron chi connectivity index (χ3n) is 5.20. The molecule has 0 atom stereocenters. The number of hydrogen-bond donors (Lipinski definition) is 2. The lowest BCUT2D eigenvalue weighted by atomic mass is 9.94. The van der Waals surface area contributed by atoms with Gasteiger partial charge in [-0.1, -0.05) is 36.4 Å². The number of nitrogens with one attached hydrogen (secondary N) is 1. The van der Waals surface area contributed by atoms with Crippen molar-refractivity contribution in [3.8, 4) is 5.75 Å². The Bertz CT molecular complexity index is 891. The number of carboxylic acid groups (broad SMARTS) is 1. The standard InChI is InChI=1S/C21H21NO4/c1-20(2)10-15-8-5-9-16(17(15)26-20)18(23)22-21(19(24)25)11-13-6-3-4-7-14(13)12-21/h3-9H,10-12H2,1-2H3,(H,22,23)(H,24,25). The maximum atomic E-state index is 13.0. The van der Waals surface area contributed by atoms with Gasteiger partial charge in [0, 0.05) is 19.3 Å². The van der Waals surface area contributed by atoms with E-state index in [1.54, 1.807) is 6.07 Å². The summed E-state index contributed by atoms with van der Waals surface area (Å²) in [5.74, 6) is -0.864. The van der Waals surface area contributed by atoms with Gasteiger partial charge in [0.15, 0.2) is 0 Å². The Morgan fingerprint density at radius 3 is 2.19 bits per heavy atom. The Balaban J connectivity index is 1.65. The molecular formula is C21H21NO4. The van der Waals surface area contributed by atoms with E-state index >= 15 is 0 Å². The number of hydrogen-bond acceptors (Lipinski definition) is 3. The van der Waals surface area contributed by atoms with Crippen LogP contribution in [-0.4, -0.2) is 28.1 Å². The molecule has 0 fully saturated rings. The van der Waals surface area contributed by atoms with Crippen LogP contribution >= 0.6 is 0 Å². The fourth-order valence-electron chi connectivity index (χ4n) is 3.99. The highest BCUT2D eigenvalue weighted by atomic mass is 16.5. The molecule has 0 saturated heterocycles. The van der Waals surface area contributed by atoms with E-state index in [1.165, 1.54) is 0 Å². The number of carboxylic acids is 1. The van der Waals surface area contributed by atoms with Crippen LogP contribution in [0, 0.1) is 0 Å². The zero-order chi connectivity index (χ0) is 18.5. The average molecular weight is 351 g/mol. The van der Waals surface area contributed by atoms with Gasteiger partial charge in [-0.05, 0) is 36.6 Å². The summed E-state index contributed by atoms with van der Waals surface area (Å²) in [6, 6.07) is 13.1. The number of para-hydroxylation sites is 1. The fraction of sp³-hybridized carbons (Fsp3) is 0.333. The largest absolute Gasteiger partial charge is 0.486 e. The van der Waals surface area contributed by atoms with Crippen LogP contribution in [0.3, 0.4) is 0 Å². The Hall–Kier alpha value is -2.82. The van der Waals surface area contributed by atoms with E-state index in [1.807, 2.05) is 50.2 Å². The zero-order valence-corrected chi connectivity index (χ0v) is 14.8. The van der Waals surface area contributed by atoms with Gasteiger partial charge in [0.2, 0.25) is 0 Å².